The zero-order valence-electron chi connectivity index (χ0n) is 12.7. The number of nitrogens with zero attached hydrogens (tertiary/aromatic N) is 2. The summed E-state index contributed by atoms with van der Waals surface area (Å²) in [5, 5.41) is 0. The summed E-state index contributed by atoms with van der Waals surface area (Å²) in [6.45, 7) is 5.64. The van der Waals surface area contributed by atoms with Crippen molar-refractivity contribution in [2.75, 3.05) is 38.2 Å². The van der Waals surface area contributed by atoms with Crippen molar-refractivity contribution in [2.45, 2.75) is 38.8 Å². The topological polar surface area (TPSA) is 83.7 Å². The molecule has 1 aliphatic heterocycles. The van der Waals surface area contributed by atoms with Crippen LogP contribution in [0.25, 0.3) is 0 Å². The second kappa shape index (κ2) is 7.38. The first-order valence-corrected chi connectivity index (χ1v) is 9.06. The molecule has 2 unspecified atom stereocenters. The molecule has 2 atom stereocenters. The number of hydrogen-bond acceptors (Lipinski definition) is 5. The Balaban J connectivity index is 2.64. The van der Waals surface area contributed by atoms with E-state index in [0.717, 1.165) is 0 Å². The van der Waals surface area contributed by atoms with Crippen molar-refractivity contribution in [1.82, 2.24) is 9.80 Å². The maximum Gasteiger partial charge on any atom is 0.224 e. The molecule has 1 aliphatic rings. The van der Waals surface area contributed by atoms with Crippen molar-refractivity contribution in [3.8, 4) is 0 Å². The van der Waals surface area contributed by atoms with Crippen LogP contribution in [0.2, 0.25) is 0 Å². The standard InChI is InChI=1S/C13H27N3O3S/c1-4-16(5-2)13(17)8-12(9-14)15(3)11-6-7-20(18,19)10-11/h11-12H,4-10,14H2,1-3H3. The molecule has 0 radical (unpaired) electrons. The lowest BCUT2D eigenvalue weighted by Crippen LogP contribution is -2.47. The number of nitrogens with two attached hydrogens (primary N) is 1. The van der Waals surface area contributed by atoms with Crippen molar-refractivity contribution < 1.29 is 13.2 Å². The molecule has 0 spiro atoms. The zero-order valence-corrected chi connectivity index (χ0v) is 13.5. The Hall–Kier alpha value is -0.660. The minimum Gasteiger partial charge on any atom is -0.343 e. The summed E-state index contributed by atoms with van der Waals surface area (Å²) < 4.78 is 23.1. The summed E-state index contributed by atoms with van der Waals surface area (Å²) in [5.74, 6) is 0.501. The van der Waals surface area contributed by atoms with Crippen LogP contribution in [0.4, 0.5) is 0 Å². The van der Waals surface area contributed by atoms with Gasteiger partial charge >= 0.3 is 0 Å². The quantitative estimate of drug-likeness (QED) is 0.697. The maximum atomic E-state index is 12.1. The molecule has 0 saturated carbocycles. The molecule has 2 N–H and O–H groups in total. The summed E-state index contributed by atoms with van der Waals surface area (Å²) >= 11 is 0. The Morgan fingerprint density at radius 3 is 2.35 bits per heavy atom. The molecule has 20 heavy (non-hydrogen) atoms. The SMILES string of the molecule is CCN(CC)C(=O)CC(CN)N(C)C1CCS(=O)(=O)C1. The van der Waals surface area contributed by atoms with Crippen molar-refractivity contribution in [3.63, 3.8) is 0 Å². The molecule has 118 valence electrons. The normalized spacial score (nSPS) is 22.9. The second-order valence-electron chi connectivity index (χ2n) is 5.38. The Bertz CT molecular complexity index is 421. The van der Waals surface area contributed by atoms with E-state index in [-0.39, 0.29) is 29.5 Å². The summed E-state index contributed by atoms with van der Waals surface area (Å²) in [6, 6.07) is -0.112. The van der Waals surface area contributed by atoms with E-state index < -0.39 is 9.84 Å². The van der Waals surface area contributed by atoms with E-state index in [2.05, 4.69) is 0 Å². The third-order valence-corrected chi connectivity index (χ3v) is 5.91. The monoisotopic (exact) mass is 305 g/mol. The highest BCUT2D eigenvalue weighted by atomic mass is 32.2. The van der Waals surface area contributed by atoms with Crippen LogP contribution in [0.5, 0.6) is 0 Å². The van der Waals surface area contributed by atoms with Crippen molar-refractivity contribution in [2.24, 2.45) is 5.73 Å². The number of amides is 1. The summed E-state index contributed by atoms with van der Waals surface area (Å²) in [5.41, 5.74) is 5.78. The highest BCUT2D eigenvalue weighted by molar-refractivity contribution is 7.91. The van der Waals surface area contributed by atoms with Crippen LogP contribution >= 0.6 is 0 Å². The molecule has 0 aromatic carbocycles. The highest BCUT2D eigenvalue weighted by Gasteiger charge is 2.34. The van der Waals surface area contributed by atoms with Gasteiger partial charge in [0.2, 0.25) is 5.91 Å². The lowest BCUT2D eigenvalue weighted by Gasteiger charge is -2.32. The summed E-state index contributed by atoms with van der Waals surface area (Å²) in [4.78, 5) is 15.9. The van der Waals surface area contributed by atoms with Crippen molar-refractivity contribution >= 4 is 15.7 Å². The highest BCUT2D eigenvalue weighted by Crippen LogP contribution is 2.19. The molecule has 1 heterocycles. The lowest BCUT2D eigenvalue weighted by molar-refractivity contribution is -0.132. The van der Waals surface area contributed by atoms with Gasteiger partial charge in [0.05, 0.1) is 11.5 Å². The first-order valence-electron chi connectivity index (χ1n) is 7.24. The summed E-state index contributed by atoms with van der Waals surface area (Å²) in [7, 11) is -1.04. The average molecular weight is 305 g/mol. The molecular weight excluding hydrogens is 278 g/mol. The Morgan fingerprint density at radius 2 is 1.95 bits per heavy atom. The molecule has 0 bridgehead atoms. The number of rotatable bonds is 7. The van der Waals surface area contributed by atoms with Gasteiger partial charge < -0.3 is 10.6 Å². The number of likely N-dealkylation sites (N-methyl/N-ethyl adjacent to an activating group) is 1. The molecule has 1 rings (SSSR count). The van der Waals surface area contributed by atoms with Gasteiger partial charge in [0.25, 0.3) is 0 Å². The van der Waals surface area contributed by atoms with Gasteiger partial charge in [-0.25, -0.2) is 8.42 Å². The minimum absolute atomic E-state index is 0.0157. The van der Waals surface area contributed by atoms with Crippen LogP contribution in [-0.4, -0.2) is 74.4 Å². The van der Waals surface area contributed by atoms with Crippen molar-refractivity contribution in [1.29, 1.82) is 0 Å². The lowest BCUT2D eigenvalue weighted by atomic mass is 10.1. The molecule has 0 aliphatic carbocycles. The van der Waals surface area contributed by atoms with Gasteiger partial charge in [-0.15, -0.1) is 0 Å². The van der Waals surface area contributed by atoms with Gasteiger partial charge in [-0.2, -0.15) is 0 Å². The molecule has 0 aromatic heterocycles. The first-order chi connectivity index (χ1) is 9.34. The van der Waals surface area contributed by atoms with Gasteiger partial charge in [-0.3, -0.25) is 9.69 Å². The van der Waals surface area contributed by atoms with Crippen LogP contribution in [0.3, 0.4) is 0 Å². The Labute approximate surface area is 122 Å². The fourth-order valence-corrected chi connectivity index (χ4v) is 4.48. The van der Waals surface area contributed by atoms with Gasteiger partial charge in [0, 0.05) is 38.1 Å². The maximum absolute atomic E-state index is 12.1. The van der Waals surface area contributed by atoms with E-state index in [1.165, 1.54) is 0 Å². The number of hydrogen-bond donors (Lipinski definition) is 1. The fraction of sp³-hybridized carbons (Fsp3) is 0.923. The molecule has 1 saturated heterocycles. The van der Waals surface area contributed by atoms with Gasteiger partial charge in [-0.1, -0.05) is 0 Å². The van der Waals surface area contributed by atoms with E-state index in [1.807, 2.05) is 25.8 Å². The first kappa shape index (κ1) is 17.4. The van der Waals surface area contributed by atoms with E-state index in [9.17, 15) is 13.2 Å². The third kappa shape index (κ3) is 4.43. The largest absolute Gasteiger partial charge is 0.343 e. The molecule has 1 amide bonds. The predicted molar refractivity (Wildman–Crippen MR) is 80.2 cm³/mol. The number of carbonyl (C=O) groups excluding carboxylic acids is 1. The van der Waals surface area contributed by atoms with Crippen LogP contribution in [0, 0.1) is 0 Å². The number of sulfone groups is 1. The van der Waals surface area contributed by atoms with Crippen molar-refractivity contribution in [3.05, 3.63) is 0 Å². The predicted octanol–water partition coefficient (Wildman–Crippen LogP) is -0.309. The minimum atomic E-state index is -2.91. The Morgan fingerprint density at radius 1 is 1.35 bits per heavy atom. The number of carbonyl (C=O) groups is 1. The molecule has 7 heteroatoms. The third-order valence-electron chi connectivity index (χ3n) is 4.16. The van der Waals surface area contributed by atoms with Gasteiger partial charge in [-0.05, 0) is 27.3 Å². The summed E-state index contributed by atoms with van der Waals surface area (Å²) in [6.07, 6.45) is 0.986. The zero-order chi connectivity index (χ0) is 15.3. The molecule has 1 fully saturated rings. The molecule has 6 nitrogen and oxygen atoms in total. The van der Waals surface area contributed by atoms with Crippen LogP contribution < -0.4 is 5.73 Å². The van der Waals surface area contributed by atoms with Crippen LogP contribution in [0.1, 0.15) is 26.7 Å². The Kier molecular flexibility index (Phi) is 6.42. The van der Waals surface area contributed by atoms with Crippen LogP contribution in [0.15, 0.2) is 0 Å². The fourth-order valence-electron chi connectivity index (χ4n) is 2.70. The molecule has 0 aromatic rings. The van der Waals surface area contributed by atoms with E-state index in [4.69, 9.17) is 5.73 Å². The average Bonchev–Trinajstić information content (AvgIpc) is 2.77. The van der Waals surface area contributed by atoms with Gasteiger partial charge in [0.15, 0.2) is 9.84 Å². The smallest absolute Gasteiger partial charge is 0.224 e. The van der Waals surface area contributed by atoms with E-state index in [0.29, 0.717) is 32.5 Å². The van der Waals surface area contributed by atoms with E-state index in [1.54, 1.807) is 4.90 Å². The van der Waals surface area contributed by atoms with E-state index >= 15 is 0 Å². The second-order valence-corrected chi connectivity index (χ2v) is 7.61. The van der Waals surface area contributed by atoms with Crippen LogP contribution in [-0.2, 0) is 14.6 Å². The molecular formula is C13H27N3O3S. The van der Waals surface area contributed by atoms with Gasteiger partial charge in [0.1, 0.15) is 0 Å².